The minimum atomic E-state index is -0.223. The molecule has 0 saturated heterocycles. The average molecular weight is 404 g/mol. The van der Waals surface area contributed by atoms with Gasteiger partial charge in [-0.05, 0) is 41.6 Å². The third kappa shape index (κ3) is 5.32. The highest BCUT2D eigenvalue weighted by Crippen LogP contribution is 2.38. The van der Waals surface area contributed by atoms with Gasteiger partial charge in [-0.3, -0.25) is 9.59 Å². The van der Waals surface area contributed by atoms with E-state index in [0.717, 1.165) is 11.8 Å². The van der Waals surface area contributed by atoms with Gasteiger partial charge < -0.3 is 24.4 Å². The maximum Gasteiger partial charge on any atom is 0.286 e. The fourth-order valence-electron chi connectivity index (χ4n) is 2.46. The van der Waals surface area contributed by atoms with E-state index in [4.69, 9.17) is 14.2 Å². The molecule has 0 aliphatic rings. The number of methoxy groups -OCH3 is 3. The number of carbonyl (C=O) groups is 2. The van der Waals surface area contributed by atoms with Crippen LogP contribution < -0.4 is 19.5 Å². The molecular weight excluding hydrogens is 380 g/mol. The molecule has 1 N–H and O–H groups in total. The zero-order valence-corrected chi connectivity index (χ0v) is 17.4. The third-order valence-electron chi connectivity index (χ3n) is 3.81. The van der Waals surface area contributed by atoms with Gasteiger partial charge in [-0.2, -0.15) is 0 Å². The maximum absolute atomic E-state index is 12.6. The molecule has 0 saturated carbocycles. The lowest BCUT2D eigenvalue weighted by Gasteiger charge is -2.15. The molecule has 0 heterocycles. The largest absolute Gasteiger partial charge is 0.493 e. The summed E-state index contributed by atoms with van der Waals surface area (Å²) in [6.07, 6.45) is 0.108. The summed E-state index contributed by atoms with van der Waals surface area (Å²) < 4.78 is 15.9. The number of nitrogens with one attached hydrogen (secondary N) is 1. The van der Waals surface area contributed by atoms with Gasteiger partial charge in [0.25, 0.3) is 5.24 Å². The van der Waals surface area contributed by atoms with Crippen molar-refractivity contribution in [2.45, 2.75) is 11.3 Å². The summed E-state index contributed by atoms with van der Waals surface area (Å²) in [6.45, 7) is 0. The molecular formula is C20H24N2O5S. The number of anilines is 1. The van der Waals surface area contributed by atoms with E-state index in [0.29, 0.717) is 33.4 Å². The highest BCUT2D eigenvalue weighted by molar-refractivity contribution is 8.13. The average Bonchev–Trinajstić information content (AvgIpc) is 2.68. The Morgan fingerprint density at radius 2 is 1.61 bits per heavy atom. The number of para-hydroxylation sites is 1. The van der Waals surface area contributed by atoms with E-state index >= 15 is 0 Å². The van der Waals surface area contributed by atoms with Crippen LogP contribution in [0.3, 0.4) is 0 Å². The molecule has 0 fully saturated rings. The Balaban J connectivity index is 2.18. The summed E-state index contributed by atoms with van der Waals surface area (Å²) in [5.74, 6) is 1.21. The van der Waals surface area contributed by atoms with Crippen LogP contribution in [-0.4, -0.2) is 51.5 Å². The predicted octanol–water partition coefficient (Wildman–Crippen LogP) is 3.67. The van der Waals surface area contributed by atoms with Crippen LogP contribution in [0.5, 0.6) is 17.2 Å². The second-order valence-electron chi connectivity index (χ2n) is 6.02. The molecule has 0 atom stereocenters. The molecule has 0 bridgehead atoms. The van der Waals surface area contributed by atoms with E-state index in [9.17, 15) is 9.59 Å². The number of hydrogen-bond donors (Lipinski definition) is 1. The van der Waals surface area contributed by atoms with Gasteiger partial charge in [0.15, 0.2) is 11.5 Å². The molecule has 150 valence electrons. The number of nitrogens with zero attached hydrogens (tertiary/aromatic N) is 1. The topological polar surface area (TPSA) is 77.1 Å². The van der Waals surface area contributed by atoms with Gasteiger partial charge >= 0.3 is 0 Å². The van der Waals surface area contributed by atoms with Gasteiger partial charge in [0.1, 0.15) is 0 Å². The highest BCUT2D eigenvalue weighted by atomic mass is 32.2. The van der Waals surface area contributed by atoms with Crippen molar-refractivity contribution in [2.75, 3.05) is 40.7 Å². The molecule has 28 heavy (non-hydrogen) atoms. The first kappa shape index (κ1) is 21.4. The van der Waals surface area contributed by atoms with Gasteiger partial charge in [0.2, 0.25) is 11.7 Å². The minimum absolute atomic E-state index is 0.108. The van der Waals surface area contributed by atoms with E-state index < -0.39 is 0 Å². The molecule has 2 aromatic rings. The SMILES string of the molecule is COc1cc(CC(=O)Nc2ccccc2SC(=O)N(C)C)cc(OC)c1OC. The molecule has 2 amide bonds. The van der Waals surface area contributed by atoms with Gasteiger partial charge in [0.05, 0.1) is 33.4 Å². The molecule has 0 aromatic heterocycles. The predicted molar refractivity (Wildman–Crippen MR) is 110 cm³/mol. The van der Waals surface area contributed by atoms with Crippen LogP contribution in [0.15, 0.2) is 41.3 Å². The van der Waals surface area contributed by atoms with Gasteiger partial charge in [0, 0.05) is 19.0 Å². The number of thioether (sulfide) groups is 1. The normalized spacial score (nSPS) is 10.2. The van der Waals surface area contributed by atoms with Crippen LogP contribution in [-0.2, 0) is 11.2 Å². The number of carbonyl (C=O) groups excluding carboxylic acids is 2. The zero-order chi connectivity index (χ0) is 20.7. The van der Waals surface area contributed by atoms with Crippen molar-refractivity contribution in [3.8, 4) is 17.2 Å². The standard InChI is InChI=1S/C20H24N2O5S/c1-22(2)20(24)28-17-9-7-6-8-14(17)21-18(23)12-13-10-15(25-3)19(27-5)16(11-13)26-4/h6-11H,12H2,1-5H3,(H,21,23). The van der Waals surface area contributed by atoms with Crippen molar-refractivity contribution in [1.29, 1.82) is 0 Å². The maximum atomic E-state index is 12.6. The van der Waals surface area contributed by atoms with Crippen molar-refractivity contribution in [3.05, 3.63) is 42.0 Å². The molecule has 2 rings (SSSR count). The molecule has 8 heteroatoms. The lowest BCUT2D eigenvalue weighted by molar-refractivity contribution is -0.115. The summed E-state index contributed by atoms with van der Waals surface area (Å²) in [7, 11) is 7.94. The van der Waals surface area contributed by atoms with E-state index in [1.165, 1.54) is 26.2 Å². The lowest BCUT2D eigenvalue weighted by atomic mass is 10.1. The fourth-order valence-corrected chi connectivity index (χ4v) is 3.21. The van der Waals surface area contributed by atoms with Crippen molar-refractivity contribution < 1.29 is 23.8 Å². The molecule has 0 unspecified atom stereocenters. The van der Waals surface area contributed by atoms with Crippen LogP contribution in [0, 0.1) is 0 Å². The first-order valence-electron chi connectivity index (χ1n) is 8.46. The smallest absolute Gasteiger partial charge is 0.286 e. The van der Waals surface area contributed by atoms with E-state index in [1.54, 1.807) is 44.4 Å². The Morgan fingerprint density at radius 3 is 2.14 bits per heavy atom. The first-order valence-corrected chi connectivity index (χ1v) is 9.28. The third-order valence-corrected chi connectivity index (χ3v) is 4.93. The van der Waals surface area contributed by atoms with E-state index in [-0.39, 0.29) is 17.6 Å². The van der Waals surface area contributed by atoms with Gasteiger partial charge in [-0.25, -0.2) is 0 Å². The molecule has 0 radical (unpaired) electrons. The number of rotatable bonds is 7. The fraction of sp³-hybridized carbons (Fsp3) is 0.300. The van der Waals surface area contributed by atoms with Gasteiger partial charge in [-0.1, -0.05) is 12.1 Å². The van der Waals surface area contributed by atoms with Crippen LogP contribution in [0.2, 0.25) is 0 Å². The first-order chi connectivity index (χ1) is 13.4. The van der Waals surface area contributed by atoms with Crippen LogP contribution in [0.1, 0.15) is 5.56 Å². The summed E-state index contributed by atoms with van der Waals surface area (Å²) in [5.41, 5.74) is 1.29. The number of benzene rings is 2. The zero-order valence-electron chi connectivity index (χ0n) is 16.6. The van der Waals surface area contributed by atoms with Crippen LogP contribution in [0.25, 0.3) is 0 Å². The summed E-state index contributed by atoms with van der Waals surface area (Å²) in [5, 5.41) is 2.74. The van der Waals surface area contributed by atoms with Crippen molar-refractivity contribution >= 4 is 28.6 Å². The second kappa shape index (κ2) is 9.89. The van der Waals surface area contributed by atoms with E-state index in [1.807, 2.05) is 6.07 Å². The Hall–Kier alpha value is -2.87. The Kier molecular flexibility index (Phi) is 7.57. The molecule has 0 aliphatic heterocycles. The van der Waals surface area contributed by atoms with Crippen molar-refractivity contribution in [3.63, 3.8) is 0 Å². The Morgan fingerprint density at radius 1 is 1.00 bits per heavy atom. The summed E-state index contributed by atoms with van der Waals surface area (Å²) in [6, 6.07) is 10.6. The number of hydrogen-bond acceptors (Lipinski definition) is 6. The van der Waals surface area contributed by atoms with Gasteiger partial charge in [-0.15, -0.1) is 0 Å². The summed E-state index contributed by atoms with van der Waals surface area (Å²) >= 11 is 1.06. The molecule has 2 aromatic carbocycles. The quantitative estimate of drug-likeness (QED) is 0.710. The summed E-state index contributed by atoms with van der Waals surface area (Å²) in [4.78, 5) is 26.7. The number of amides is 2. The van der Waals surface area contributed by atoms with Crippen molar-refractivity contribution in [1.82, 2.24) is 4.90 Å². The lowest BCUT2D eigenvalue weighted by Crippen LogP contribution is -2.18. The van der Waals surface area contributed by atoms with Crippen LogP contribution >= 0.6 is 11.8 Å². The second-order valence-corrected chi connectivity index (χ2v) is 7.01. The molecule has 0 aliphatic carbocycles. The highest BCUT2D eigenvalue weighted by Gasteiger charge is 2.16. The monoisotopic (exact) mass is 404 g/mol. The number of ether oxygens (including phenoxy) is 3. The van der Waals surface area contributed by atoms with Crippen LogP contribution in [0.4, 0.5) is 10.5 Å². The Bertz CT molecular complexity index is 829. The Labute approximate surface area is 169 Å². The molecule has 7 nitrogen and oxygen atoms in total. The van der Waals surface area contributed by atoms with E-state index in [2.05, 4.69) is 5.32 Å². The van der Waals surface area contributed by atoms with Crippen molar-refractivity contribution in [2.24, 2.45) is 0 Å². The minimum Gasteiger partial charge on any atom is -0.493 e. The molecule has 0 spiro atoms.